The van der Waals surface area contributed by atoms with Crippen molar-refractivity contribution in [1.82, 2.24) is 15.5 Å². The summed E-state index contributed by atoms with van der Waals surface area (Å²) in [7, 11) is 0. The van der Waals surface area contributed by atoms with Gasteiger partial charge in [-0.15, -0.1) is 0 Å². The van der Waals surface area contributed by atoms with Crippen LogP contribution in [0.3, 0.4) is 0 Å². The molecule has 0 unspecified atom stereocenters. The van der Waals surface area contributed by atoms with Gasteiger partial charge >= 0.3 is 0 Å². The Labute approximate surface area is 165 Å². The van der Waals surface area contributed by atoms with Gasteiger partial charge in [0.2, 0.25) is 0 Å². The van der Waals surface area contributed by atoms with Crippen LogP contribution in [0.15, 0.2) is 29.3 Å². The van der Waals surface area contributed by atoms with Gasteiger partial charge in [-0.2, -0.15) is 0 Å². The van der Waals surface area contributed by atoms with Gasteiger partial charge < -0.3 is 20.3 Å². The second-order valence-corrected chi connectivity index (χ2v) is 7.59. The second-order valence-electron chi connectivity index (χ2n) is 7.59. The number of rotatable bonds is 9. The summed E-state index contributed by atoms with van der Waals surface area (Å²) in [6, 6.07) is 9.43. The SMILES string of the molecule is CCCCOc1cccc(CN=C(NCC)NC2CCN(C(C)C)CC2)c1. The Kier molecular flexibility index (Phi) is 9.46. The highest BCUT2D eigenvalue weighted by molar-refractivity contribution is 5.80. The molecule has 2 rings (SSSR count). The van der Waals surface area contributed by atoms with E-state index in [1.54, 1.807) is 0 Å². The minimum absolute atomic E-state index is 0.501. The van der Waals surface area contributed by atoms with Crippen LogP contribution < -0.4 is 15.4 Å². The molecule has 0 radical (unpaired) electrons. The lowest BCUT2D eigenvalue weighted by atomic mass is 10.0. The molecule has 0 atom stereocenters. The summed E-state index contributed by atoms with van der Waals surface area (Å²) in [6.07, 6.45) is 4.58. The van der Waals surface area contributed by atoms with Crippen molar-refractivity contribution in [3.8, 4) is 5.75 Å². The van der Waals surface area contributed by atoms with E-state index >= 15 is 0 Å². The van der Waals surface area contributed by atoms with E-state index in [2.05, 4.69) is 55.4 Å². The number of guanidine groups is 1. The number of aliphatic imine (C=N–C) groups is 1. The van der Waals surface area contributed by atoms with Gasteiger partial charge in [-0.25, -0.2) is 4.99 Å². The Morgan fingerprint density at radius 2 is 2.04 bits per heavy atom. The average Bonchev–Trinajstić information content (AvgIpc) is 2.67. The molecule has 0 saturated carbocycles. The van der Waals surface area contributed by atoms with E-state index in [-0.39, 0.29) is 0 Å². The first-order chi connectivity index (χ1) is 13.1. The van der Waals surface area contributed by atoms with Crippen LogP contribution in [0.4, 0.5) is 0 Å². The summed E-state index contributed by atoms with van der Waals surface area (Å²) in [5.74, 6) is 1.85. The topological polar surface area (TPSA) is 48.9 Å². The van der Waals surface area contributed by atoms with Gasteiger partial charge in [-0.05, 0) is 57.7 Å². The largest absolute Gasteiger partial charge is 0.494 e. The molecule has 0 aromatic heterocycles. The van der Waals surface area contributed by atoms with Crippen LogP contribution in [0.25, 0.3) is 0 Å². The Balaban J connectivity index is 1.88. The van der Waals surface area contributed by atoms with Crippen LogP contribution in [-0.2, 0) is 6.54 Å². The first-order valence-electron chi connectivity index (χ1n) is 10.6. The summed E-state index contributed by atoms with van der Waals surface area (Å²) < 4.78 is 5.81. The molecule has 1 aliphatic rings. The molecule has 27 heavy (non-hydrogen) atoms. The van der Waals surface area contributed by atoms with Crippen molar-refractivity contribution >= 4 is 5.96 Å². The highest BCUT2D eigenvalue weighted by Gasteiger charge is 2.21. The van der Waals surface area contributed by atoms with E-state index < -0.39 is 0 Å². The monoisotopic (exact) mass is 374 g/mol. The Hall–Kier alpha value is -1.75. The smallest absolute Gasteiger partial charge is 0.191 e. The van der Waals surface area contributed by atoms with Crippen LogP contribution in [0, 0.1) is 0 Å². The summed E-state index contributed by atoms with van der Waals surface area (Å²) in [6.45, 7) is 13.5. The predicted octanol–water partition coefficient (Wildman–Crippen LogP) is 3.79. The van der Waals surface area contributed by atoms with E-state index in [9.17, 15) is 0 Å². The highest BCUT2D eigenvalue weighted by atomic mass is 16.5. The summed E-state index contributed by atoms with van der Waals surface area (Å²) in [5, 5.41) is 7.01. The van der Waals surface area contributed by atoms with E-state index in [0.717, 1.165) is 50.8 Å². The van der Waals surface area contributed by atoms with Gasteiger partial charge in [0.05, 0.1) is 13.2 Å². The normalized spacial score (nSPS) is 16.6. The third-order valence-corrected chi connectivity index (χ3v) is 5.03. The second kappa shape index (κ2) is 11.9. The fraction of sp³-hybridized carbons (Fsp3) is 0.682. The molecule has 5 nitrogen and oxygen atoms in total. The Morgan fingerprint density at radius 3 is 2.70 bits per heavy atom. The molecule has 2 N–H and O–H groups in total. The predicted molar refractivity (Wildman–Crippen MR) is 115 cm³/mol. The molecule has 152 valence electrons. The summed E-state index contributed by atoms with van der Waals surface area (Å²) >= 11 is 0. The minimum Gasteiger partial charge on any atom is -0.494 e. The maximum absolute atomic E-state index is 5.81. The van der Waals surface area contributed by atoms with Crippen molar-refractivity contribution in [2.75, 3.05) is 26.2 Å². The minimum atomic E-state index is 0.501. The van der Waals surface area contributed by atoms with Crippen molar-refractivity contribution in [1.29, 1.82) is 0 Å². The quantitative estimate of drug-likeness (QED) is 0.392. The van der Waals surface area contributed by atoms with Crippen LogP contribution in [0.5, 0.6) is 5.75 Å². The standard InChI is InChI=1S/C22H38N4O/c1-5-7-15-27-21-10-8-9-19(16-21)17-24-22(23-6-2)25-20-11-13-26(14-12-20)18(3)4/h8-10,16,18,20H,5-7,11-15,17H2,1-4H3,(H2,23,24,25). The molecule has 1 aromatic rings. The molecule has 1 aromatic carbocycles. The van der Waals surface area contributed by atoms with E-state index in [1.807, 2.05) is 12.1 Å². The molecule has 1 heterocycles. The van der Waals surface area contributed by atoms with Crippen LogP contribution in [0.2, 0.25) is 0 Å². The lowest BCUT2D eigenvalue weighted by Crippen LogP contribution is -2.49. The molecule has 0 aliphatic carbocycles. The van der Waals surface area contributed by atoms with Gasteiger partial charge in [-0.1, -0.05) is 25.5 Å². The first kappa shape index (κ1) is 21.5. The molecular formula is C22H38N4O. The summed E-state index contributed by atoms with van der Waals surface area (Å²) in [5.41, 5.74) is 1.18. The van der Waals surface area contributed by atoms with Crippen LogP contribution >= 0.6 is 0 Å². The Morgan fingerprint density at radius 1 is 1.26 bits per heavy atom. The number of ether oxygens (including phenoxy) is 1. The number of unbranched alkanes of at least 4 members (excludes halogenated alkanes) is 1. The van der Waals surface area contributed by atoms with Gasteiger partial charge in [0.15, 0.2) is 5.96 Å². The molecule has 1 aliphatic heterocycles. The number of nitrogens with one attached hydrogen (secondary N) is 2. The molecule has 1 saturated heterocycles. The highest BCUT2D eigenvalue weighted by Crippen LogP contribution is 2.15. The van der Waals surface area contributed by atoms with Gasteiger partial charge in [0, 0.05) is 31.7 Å². The van der Waals surface area contributed by atoms with Crippen molar-refractivity contribution < 1.29 is 4.74 Å². The first-order valence-corrected chi connectivity index (χ1v) is 10.6. The van der Waals surface area contributed by atoms with E-state index in [1.165, 1.54) is 18.4 Å². The van der Waals surface area contributed by atoms with Crippen molar-refractivity contribution in [3.63, 3.8) is 0 Å². The third kappa shape index (κ3) is 7.79. The number of benzene rings is 1. The average molecular weight is 375 g/mol. The van der Waals surface area contributed by atoms with Gasteiger partial charge in [0.1, 0.15) is 5.75 Å². The number of hydrogen-bond donors (Lipinski definition) is 2. The molecule has 1 fully saturated rings. The maximum atomic E-state index is 5.81. The zero-order chi connectivity index (χ0) is 19.5. The molecule has 5 heteroatoms. The fourth-order valence-electron chi connectivity index (χ4n) is 3.31. The van der Waals surface area contributed by atoms with Crippen molar-refractivity contribution in [2.24, 2.45) is 4.99 Å². The molecule has 0 amide bonds. The van der Waals surface area contributed by atoms with Crippen LogP contribution in [-0.4, -0.2) is 49.2 Å². The molecule has 0 spiro atoms. The van der Waals surface area contributed by atoms with Crippen LogP contribution in [0.1, 0.15) is 58.9 Å². The lowest BCUT2D eigenvalue weighted by molar-refractivity contribution is 0.167. The van der Waals surface area contributed by atoms with Gasteiger partial charge in [0.25, 0.3) is 0 Å². The lowest BCUT2D eigenvalue weighted by Gasteiger charge is -2.35. The summed E-state index contributed by atoms with van der Waals surface area (Å²) in [4.78, 5) is 7.34. The fourth-order valence-corrected chi connectivity index (χ4v) is 3.31. The zero-order valence-electron chi connectivity index (χ0n) is 17.6. The number of hydrogen-bond acceptors (Lipinski definition) is 3. The third-order valence-electron chi connectivity index (χ3n) is 5.03. The van der Waals surface area contributed by atoms with E-state index in [0.29, 0.717) is 18.6 Å². The number of piperidine rings is 1. The van der Waals surface area contributed by atoms with Crippen molar-refractivity contribution in [2.45, 2.75) is 72.0 Å². The van der Waals surface area contributed by atoms with Gasteiger partial charge in [-0.3, -0.25) is 0 Å². The molecular weight excluding hydrogens is 336 g/mol. The molecule has 0 bridgehead atoms. The zero-order valence-corrected chi connectivity index (χ0v) is 17.6. The number of nitrogens with zero attached hydrogens (tertiary/aromatic N) is 2. The number of likely N-dealkylation sites (tertiary alicyclic amines) is 1. The van der Waals surface area contributed by atoms with Crippen molar-refractivity contribution in [3.05, 3.63) is 29.8 Å². The van der Waals surface area contributed by atoms with E-state index in [4.69, 9.17) is 9.73 Å². The Bertz CT molecular complexity index is 565. The maximum Gasteiger partial charge on any atom is 0.191 e.